The van der Waals surface area contributed by atoms with Crippen LogP contribution in [0.15, 0.2) is 18.2 Å². The van der Waals surface area contributed by atoms with E-state index >= 15 is 0 Å². The molecule has 0 aromatic heterocycles. The van der Waals surface area contributed by atoms with Crippen molar-refractivity contribution >= 4 is 5.69 Å². The molecule has 0 atom stereocenters. The van der Waals surface area contributed by atoms with Crippen LogP contribution in [0.2, 0.25) is 0 Å². The second kappa shape index (κ2) is 4.80. The second-order valence-electron chi connectivity index (χ2n) is 4.12. The maximum atomic E-state index is 13.3. The molecule has 0 spiro atoms. The van der Waals surface area contributed by atoms with Crippen molar-refractivity contribution in [3.05, 3.63) is 29.6 Å². The van der Waals surface area contributed by atoms with Gasteiger partial charge in [0.1, 0.15) is 5.82 Å². The van der Waals surface area contributed by atoms with Gasteiger partial charge in [0.25, 0.3) is 0 Å². The van der Waals surface area contributed by atoms with Crippen LogP contribution in [0, 0.1) is 5.82 Å². The van der Waals surface area contributed by atoms with Crippen molar-refractivity contribution in [2.45, 2.75) is 25.5 Å². The molecule has 0 aliphatic heterocycles. The smallest absolute Gasteiger partial charge is 0.125 e. The van der Waals surface area contributed by atoms with Gasteiger partial charge >= 0.3 is 0 Å². The summed E-state index contributed by atoms with van der Waals surface area (Å²) in [7, 11) is 0. The van der Waals surface area contributed by atoms with E-state index in [4.69, 9.17) is 10.2 Å². The van der Waals surface area contributed by atoms with E-state index in [1.54, 1.807) is 6.07 Å². The third kappa shape index (κ3) is 2.51. The molecule has 0 radical (unpaired) electrons. The zero-order chi connectivity index (χ0) is 11.5. The Morgan fingerprint density at radius 2 is 2.00 bits per heavy atom. The van der Waals surface area contributed by atoms with Gasteiger partial charge in [-0.1, -0.05) is 0 Å². The molecule has 0 saturated heterocycles. The number of halogens is 1. The van der Waals surface area contributed by atoms with Crippen molar-refractivity contribution in [1.82, 2.24) is 0 Å². The predicted octanol–water partition coefficient (Wildman–Crippen LogP) is 1.28. The summed E-state index contributed by atoms with van der Waals surface area (Å²) in [5.41, 5.74) is 1.32. The minimum Gasteiger partial charge on any atom is -0.395 e. The molecule has 0 unspecified atom stereocenters. The van der Waals surface area contributed by atoms with Crippen molar-refractivity contribution < 1.29 is 14.6 Å². The number of aliphatic hydroxyl groups excluding tert-OH is 2. The third-order valence-corrected chi connectivity index (χ3v) is 2.79. The maximum absolute atomic E-state index is 13.3. The van der Waals surface area contributed by atoms with Gasteiger partial charge in [0, 0.05) is 18.3 Å². The molecule has 1 aromatic carbocycles. The molecular weight excluding hydrogens is 209 g/mol. The highest BCUT2D eigenvalue weighted by atomic mass is 19.1. The molecule has 0 amide bonds. The summed E-state index contributed by atoms with van der Waals surface area (Å²) in [4.78, 5) is 2.00. The summed E-state index contributed by atoms with van der Waals surface area (Å²) in [6, 6.07) is 4.97. The molecule has 0 bridgehead atoms. The van der Waals surface area contributed by atoms with E-state index in [9.17, 15) is 4.39 Å². The zero-order valence-corrected chi connectivity index (χ0v) is 9.06. The van der Waals surface area contributed by atoms with Crippen LogP contribution in [0.3, 0.4) is 0 Å². The van der Waals surface area contributed by atoms with E-state index in [1.165, 1.54) is 12.1 Å². The molecule has 88 valence electrons. The van der Waals surface area contributed by atoms with Crippen LogP contribution >= 0.6 is 0 Å². The average molecular weight is 225 g/mol. The lowest BCUT2D eigenvalue weighted by atomic mass is 10.2. The monoisotopic (exact) mass is 225 g/mol. The number of aliphatic hydroxyl groups is 2. The largest absolute Gasteiger partial charge is 0.395 e. The van der Waals surface area contributed by atoms with Gasteiger partial charge in [-0.15, -0.1) is 0 Å². The fourth-order valence-electron chi connectivity index (χ4n) is 1.91. The van der Waals surface area contributed by atoms with Crippen LogP contribution in [0.25, 0.3) is 0 Å². The first-order chi connectivity index (χ1) is 7.74. The lowest BCUT2D eigenvalue weighted by molar-refractivity contribution is 0.281. The van der Waals surface area contributed by atoms with Crippen LogP contribution in [0.5, 0.6) is 0 Å². The van der Waals surface area contributed by atoms with Gasteiger partial charge in [0.15, 0.2) is 0 Å². The molecule has 1 saturated carbocycles. The molecule has 1 aliphatic carbocycles. The van der Waals surface area contributed by atoms with Crippen LogP contribution in [-0.2, 0) is 6.61 Å². The molecule has 16 heavy (non-hydrogen) atoms. The van der Waals surface area contributed by atoms with Crippen molar-refractivity contribution in [2.75, 3.05) is 18.1 Å². The van der Waals surface area contributed by atoms with E-state index in [2.05, 4.69) is 0 Å². The summed E-state index contributed by atoms with van der Waals surface area (Å²) in [5.74, 6) is -0.342. The summed E-state index contributed by atoms with van der Waals surface area (Å²) < 4.78 is 13.3. The third-order valence-electron chi connectivity index (χ3n) is 2.79. The van der Waals surface area contributed by atoms with Crippen LogP contribution in [-0.4, -0.2) is 29.4 Å². The Balaban J connectivity index is 2.25. The molecule has 1 aliphatic rings. The first kappa shape index (κ1) is 11.4. The summed E-state index contributed by atoms with van der Waals surface area (Å²) >= 11 is 0. The van der Waals surface area contributed by atoms with Crippen LogP contribution in [0.4, 0.5) is 10.1 Å². The fraction of sp³-hybridized carbons (Fsp3) is 0.500. The van der Waals surface area contributed by atoms with E-state index in [1.807, 2.05) is 4.90 Å². The van der Waals surface area contributed by atoms with Crippen molar-refractivity contribution in [3.63, 3.8) is 0 Å². The predicted molar refractivity (Wildman–Crippen MR) is 59.8 cm³/mol. The normalized spacial score (nSPS) is 15.2. The topological polar surface area (TPSA) is 43.7 Å². The van der Waals surface area contributed by atoms with Gasteiger partial charge in [0.2, 0.25) is 0 Å². The molecular formula is C12H16FNO2. The maximum Gasteiger partial charge on any atom is 0.125 e. The van der Waals surface area contributed by atoms with E-state index < -0.39 is 0 Å². The highest BCUT2D eigenvalue weighted by Gasteiger charge is 2.29. The minimum absolute atomic E-state index is 0.0570. The molecule has 2 N–H and O–H groups in total. The number of benzene rings is 1. The first-order valence-electron chi connectivity index (χ1n) is 5.52. The standard InChI is InChI=1S/C12H16FNO2/c13-10-5-9(8-16)6-12(7-10)14(3-4-15)11-1-2-11/h5-7,11,15-16H,1-4,8H2. The van der Waals surface area contributed by atoms with E-state index in [0.717, 1.165) is 18.5 Å². The summed E-state index contributed by atoms with van der Waals surface area (Å²) in [5, 5.41) is 18.0. The van der Waals surface area contributed by atoms with Crippen LogP contribution in [0.1, 0.15) is 18.4 Å². The molecule has 2 rings (SSSR count). The Morgan fingerprint density at radius 3 is 2.56 bits per heavy atom. The van der Waals surface area contributed by atoms with Gasteiger partial charge in [0.05, 0.1) is 13.2 Å². The van der Waals surface area contributed by atoms with Crippen molar-refractivity contribution in [2.24, 2.45) is 0 Å². The Kier molecular flexibility index (Phi) is 3.41. The number of anilines is 1. The summed E-state index contributed by atoms with van der Waals surface area (Å²) in [6.45, 7) is 0.406. The highest BCUT2D eigenvalue weighted by molar-refractivity contribution is 5.51. The Labute approximate surface area is 94.1 Å². The van der Waals surface area contributed by atoms with Gasteiger partial charge in [-0.05, 0) is 36.6 Å². The number of rotatable bonds is 5. The van der Waals surface area contributed by atoms with Gasteiger partial charge < -0.3 is 15.1 Å². The van der Waals surface area contributed by atoms with E-state index in [-0.39, 0.29) is 19.0 Å². The second-order valence-corrected chi connectivity index (χ2v) is 4.12. The van der Waals surface area contributed by atoms with Gasteiger partial charge in [-0.2, -0.15) is 0 Å². The van der Waals surface area contributed by atoms with Gasteiger partial charge in [-0.25, -0.2) is 4.39 Å². The summed E-state index contributed by atoms with van der Waals surface area (Å²) in [6.07, 6.45) is 2.18. The molecule has 4 heteroatoms. The average Bonchev–Trinajstić information content (AvgIpc) is 3.08. The Bertz CT molecular complexity index is 366. The van der Waals surface area contributed by atoms with E-state index in [0.29, 0.717) is 18.2 Å². The number of hydrogen-bond donors (Lipinski definition) is 2. The van der Waals surface area contributed by atoms with Gasteiger partial charge in [-0.3, -0.25) is 0 Å². The Morgan fingerprint density at radius 1 is 1.25 bits per heavy atom. The SMILES string of the molecule is OCCN(c1cc(F)cc(CO)c1)C1CC1. The lowest BCUT2D eigenvalue weighted by Crippen LogP contribution is -2.29. The highest BCUT2D eigenvalue weighted by Crippen LogP contribution is 2.32. The van der Waals surface area contributed by atoms with Crippen LogP contribution < -0.4 is 4.90 Å². The van der Waals surface area contributed by atoms with Crippen molar-refractivity contribution in [3.8, 4) is 0 Å². The molecule has 3 nitrogen and oxygen atoms in total. The molecule has 1 aromatic rings. The Hall–Kier alpha value is -1.13. The minimum atomic E-state index is -0.342. The fourth-order valence-corrected chi connectivity index (χ4v) is 1.91. The molecule has 0 heterocycles. The number of nitrogens with zero attached hydrogens (tertiary/aromatic N) is 1. The van der Waals surface area contributed by atoms with Crippen molar-refractivity contribution in [1.29, 1.82) is 0 Å². The quantitative estimate of drug-likeness (QED) is 0.793. The zero-order valence-electron chi connectivity index (χ0n) is 9.06. The number of hydrogen-bond acceptors (Lipinski definition) is 3. The lowest BCUT2D eigenvalue weighted by Gasteiger charge is -2.24. The first-order valence-corrected chi connectivity index (χ1v) is 5.52. The molecule has 1 fully saturated rings.